The van der Waals surface area contributed by atoms with Crippen LogP contribution in [0.3, 0.4) is 0 Å². The predicted molar refractivity (Wildman–Crippen MR) is 154 cm³/mol. The van der Waals surface area contributed by atoms with E-state index in [0.29, 0.717) is 16.8 Å². The number of rotatable bonds is 10. The number of hydrogen-bond acceptors (Lipinski definition) is 9. The van der Waals surface area contributed by atoms with E-state index in [4.69, 9.17) is 4.42 Å². The molecule has 43 heavy (non-hydrogen) atoms. The van der Waals surface area contributed by atoms with Gasteiger partial charge in [-0.3, -0.25) is 24.3 Å². The standard InChI is InChI=1S/C30H31FN6O6/c1-17(2)23(24(39)26-35-36-28(43-26)30(3,4)19-11-13-20(31)14-12-19)33-22(38)16-37-21(18-9-7-6-8-10-18)15-32-25(27(37)40)34-29(41)42-5/h6-15,17,23H,16H2,1-5H3,(H,33,38)(H,32,34,41)/t23-/m0/s1. The van der Waals surface area contributed by atoms with Crippen LogP contribution in [0.25, 0.3) is 11.3 Å². The molecule has 2 N–H and O–H groups in total. The Hall–Kier alpha value is -5.20. The van der Waals surface area contributed by atoms with Gasteiger partial charge in [-0.2, -0.15) is 0 Å². The molecule has 0 saturated carbocycles. The van der Waals surface area contributed by atoms with Gasteiger partial charge in [0.15, 0.2) is 0 Å². The van der Waals surface area contributed by atoms with E-state index in [1.54, 1.807) is 70.2 Å². The van der Waals surface area contributed by atoms with Crippen molar-refractivity contribution >= 4 is 23.6 Å². The maximum absolute atomic E-state index is 13.5. The highest BCUT2D eigenvalue weighted by atomic mass is 19.1. The molecule has 2 amide bonds. The van der Waals surface area contributed by atoms with Crippen molar-refractivity contribution < 1.29 is 27.9 Å². The molecule has 0 saturated heterocycles. The third-order valence-electron chi connectivity index (χ3n) is 6.83. The molecule has 2 heterocycles. The van der Waals surface area contributed by atoms with E-state index in [2.05, 4.69) is 30.6 Å². The Balaban J connectivity index is 1.59. The lowest BCUT2D eigenvalue weighted by atomic mass is 9.84. The first kappa shape index (κ1) is 30.8. The fraction of sp³-hybridized carbons (Fsp3) is 0.300. The number of amides is 2. The summed E-state index contributed by atoms with van der Waals surface area (Å²) in [7, 11) is 1.14. The minimum Gasteiger partial charge on any atom is -0.453 e. The van der Waals surface area contributed by atoms with E-state index in [1.165, 1.54) is 18.3 Å². The Morgan fingerprint density at radius 3 is 2.35 bits per heavy atom. The second kappa shape index (κ2) is 12.8. The summed E-state index contributed by atoms with van der Waals surface area (Å²) in [6.45, 7) is 6.56. The summed E-state index contributed by atoms with van der Waals surface area (Å²) in [6, 6.07) is 13.5. The quantitative estimate of drug-likeness (QED) is 0.261. The van der Waals surface area contributed by atoms with Gasteiger partial charge in [0, 0.05) is 0 Å². The summed E-state index contributed by atoms with van der Waals surface area (Å²) in [4.78, 5) is 55.8. The summed E-state index contributed by atoms with van der Waals surface area (Å²) in [5.74, 6) is -2.56. The monoisotopic (exact) mass is 590 g/mol. The zero-order valence-electron chi connectivity index (χ0n) is 24.3. The highest BCUT2D eigenvalue weighted by Gasteiger charge is 2.34. The van der Waals surface area contributed by atoms with Gasteiger partial charge in [0.25, 0.3) is 11.4 Å². The number of aromatic nitrogens is 4. The Bertz CT molecular complexity index is 1680. The third kappa shape index (κ3) is 6.83. The van der Waals surface area contributed by atoms with Gasteiger partial charge in [0.2, 0.25) is 23.4 Å². The smallest absolute Gasteiger partial charge is 0.412 e. The molecule has 0 spiro atoms. The van der Waals surface area contributed by atoms with Crippen LogP contribution in [0.15, 0.2) is 70.0 Å². The summed E-state index contributed by atoms with van der Waals surface area (Å²) >= 11 is 0. The van der Waals surface area contributed by atoms with E-state index in [0.717, 1.165) is 11.7 Å². The number of benzene rings is 2. The number of nitrogens with one attached hydrogen (secondary N) is 2. The first-order valence-electron chi connectivity index (χ1n) is 13.4. The molecule has 0 aliphatic heterocycles. The molecule has 224 valence electrons. The van der Waals surface area contributed by atoms with Crippen molar-refractivity contribution in [3.63, 3.8) is 0 Å². The van der Waals surface area contributed by atoms with Crippen molar-refractivity contribution in [2.45, 2.75) is 45.7 Å². The van der Waals surface area contributed by atoms with Crippen molar-refractivity contribution in [3.05, 3.63) is 94.3 Å². The van der Waals surface area contributed by atoms with Crippen LogP contribution in [0.5, 0.6) is 0 Å². The Kier molecular flexibility index (Phi) is 9.12. The number of anilines is 1. The third-order valence-corrected chi connectivity index (χ3v) is 6.83. The molecule has 0 bridgehead atoms. The molecule has 0 aliphatic carbocycles. The van der Waals surface area contributed by atoms with Crippen LogP contribution in [-0.4, -0.2) is 50.7 Å². The van der Waals surface area contributed by atoms with Crippen molar-refractivity contribution in [2.24, 2.45) is 5.92 Å². The zero-order valence-corrected chi connectivity index (χ0v) is 24.3. The number of ether oxygens (including phenoxy) is 1. The molecule has 4 rings (SSSR count). The van der Waals surface area contributed by atoms with E-state index in [9.17, 15) is 23.6 Å². The lowest BCUT2D eigenvalue weighted by molar-refractivity contribution is -0.122. The van der Waals surface area contributed by atoms with Gasteiger partial charge < -0.3 is 14.5 Å². The van der Waals surface area contributed by atoms with Crippen LogP contribution < -0.4 is 16.2 Å². The molecule has 4 aromatic rings. The first-order valence-corrected chi connectivity index (χ1v) is 13.4. The molecule has 0 radical (unpaired) electrons. The van der Waals surface area contributed by atoms with Crippen LogP contribution in [0.1, 0.15) is 49.8 Å². The van der Waals surface area contributed by atoms with Crippen LogP contribution in [0, 0.1) is 11.7 Å². The fourth-order valence-electron chi connectivity index (χ4n) is 4.31. The topological polar surface area (TPSA) is 158 Å². The molecule has 12 nitrogen and oxygen atoms in total. The maximum Gasteiger partial charge on any atom is 0.412 e. The molecule has 1 atom stereocenters. The minimum absolute atomic E-state index is 0.137. The SMILES string of the molecule is COC(=O)Nc1ncc(-c2ccccc2)n(CC(=O)N[C@H](C(=O)c2nnc(C(C)(C)c3ccc(F)cc3)o2)C(C)C)c1=O. The van der Waals surface area contributed by atoms with Gasteiger partial charge in [-0.15, -0.1) is 10.2 Å². The van der Waals surface area contributed by atoms with Crippen molar-refractivity contribution in [2.75, 3.05) is 12.4 Å². The van der Waals surface area contributed by atoms with Gasteiger partial charge in [-0.25, -0.2) is 14.2 Å². The Morgan fingerprint density at radius 1 is 1.05 bits per heavy atom. The molecule has 2 aromatic carbocycles. The summed E-state index contributed by atoms with van der Waals surface area (Å²) < 4.78 is 24.9. The molecule has 13 heteroatoms. The first-order chi connectivity index (χ1) is 20.4. The Morgan fingerprint density at radius 2 is 1.72 bits per heavy atom. The van der Waals surface area contributed by atoms with E-state index in [1.807, 2.05) is 0 Å². The molecule has 0 unspecified atom stereocenters. The normalized spacial score (nSPS) is 12.1. The number of carbonyl (C=O) groups is 3. The Labute approximate surface area is 246 Å². The number of carbonyl (C=O) groups excluding carboxylic acids is 3. The highest BCUT2D eigenvalue weighted by molar-refractivity contribution is 5.98. The largest absolute Gasteiger partial charge is 0.453 e. The van der Waals surface area contributed by atoms with Gasteiger partial charge in [0.1, 0.15) is 12.4 Å². The fourth-order valence-corrected chi connectivity index (χ4v) is 4.31. The van der Waals surface area contributed by atoms with Crippen LogP contribution in [-0.2, 0) is 21.5 Å². The zero-order chi connectivity index (χ0) is 31.3. The molecule has 0 aliphatic rings. The average molecular weight is 591 g/mol. The molecular formula is C30H31FN6O6. The summed E-state index contributed by atoms with van der Waals surface area (Å²) in [5, 5.41) is 12.9. The van der Waals surface area contributed by atoms with E-state index in [-0.39, 0.29) is 17.6 Å². The van der Waals surface area contributed by atoms with Crippen molar-refractivity contribution in [1.29, 1.82) is 0 Å². The van der Waals surface area contributed by atoms with Crippen molar-refractivity contribution in [1.82, 2.24) is 25.1 Å². The van der Waals surface area contributed by atoms with E-state index < -0.39 is 53.1 Å². The van der Waals surface area contributed by atoms with Crippen LogP contribution in [0.4, 0.5) is 15.0 Å². The summed E-state index contributed by atoms with van der Waals surface area (Å²) in [6.07, 6.45) is 0.448. The second-order valence-electron chi connectivity index (χ2n) is 10.6. The molecular weight excluding hydrogens is 559 g/mol. The van der Waals surface area contributed by atoms with E-state index >= 15 is 0 Å². The number of nitrogens with zero attached hydrogens (tertiary/aromatic N) is 4. The highest BCUT2D eigenvalue weighted by Crippen LogP contribution is 2.31. The summed E-state index contributed by atoms with van der Waals surface area (Å²) in [5.41, 5.74) is 0.0285. The van der Waals surface area contributed by atoms with Crippen LogP contribution >= 0.6 is 0 Å². The second-order valence-corrected chi connectivity index (χ2v) is 10.6. The molecule has 2 aromatic heterocycles. The lowest BCUT2D eigenvalue weighted by Crippen LogP contribution is -2.46. The van der Waals surface area contributed by atoms with Crippen molar-refractivity contribution in [3.8, 4) is 11.3 Å². The van der Waals surface area contributed by atoms with Gasteiger partial charge in [0.05, 0.1) is 30.5 Å². The van der Waals surface area contributed by atoms with Gasteiger partial charge in [-0.05, 0) is 43.0 Å². The average Bonchev–Trinajstić information content (AvgIpc) is 3.50. The van der Waals surface area contributed by atoms with Gasteiger partial charge >= 0.3 is 6.09 Å². The number of methoxy groups -OCH3 is 1. The minimum atomic E-state index is -1.07. The molecule has 0 fully saturated rings. The predicted octanol–water partition coefficient (Wildman–Crippen LogP) is 3.96. The number of halogens is 1. The van der Waals surface area contributed by atoms with Gasteiger partial charge in [-0.1, -0.05) is 56.3 Å². The lowest BCUT2D eigenvalue weighted by Gasteiger charge is -2.21. The van der Waals surface area contributed by atoms with Crippen LogP contribution in [0.2, 0.25) is 0 Å². The number of hydrogen-bond donors (Lipinski definition) is 2. The number of Topliss-reactive ketones (excluding diaryl/α,β-unsaturated/α-hetero) is 1. The maximum atomic E-state index is 13.5. The number of ketones is 1.